The minimum Gasteiger partial charge on any atom is -0.504 e. The van der Waals surface area contributed by atoms with E-state index in [1.165, 1.54) is 24.3 Å². The van der Waals surface area contributed by atoms with Crippen LogP contribution in [-0.4, -0.2) is 29.2 Å². The van der Waals surface area contributed by atoms with E-state index in [-0.39, 0.29) is 17.1 Å². The van der Waals surface area contributed by atoms with Crippen molar-refractivity contribution in [1.29, 1.82) is 0 Å². The third-order valence-electron chi connectivity index (χ3n) is 6.41. The van der Waals surface area contributed by atoms with Gasteiger partial charge in [-0.2, -0.15) is 0 Å². The molecule has 0 saturated carbocycles. The Morgan fingerprint density at radius 3 is 2.68 bits per heavy atom. The van der Waals surface area contributed by atoms with Crippen LogP contribution in [0.25, 0.3) is 16.8 Å². The summed E-state index contributed by atoms with van der Waals surface area (Å²) in [6.07, 6.45) is 1.75. The van der Waals surface area contributed by atoms with Crippen LogP contribution >= 0.6 is 11.3 Å². The molecular formula is C29H26N2O5S. The number of phenols is 1. The molecule has 1 aliphatic rings. The van der Waals surface area contributed by atoms with Crippen molar-refractivity contribution in [3.8, 4) is 17.2 Å². The van der Waals surface area contributed by atoms with Crippen molar-refractivity contribution in [1.82, 2.24) is 4.57 Å². The van der Waals surface area contributed by atoms with Gasteiger partial charge < -0.3 is 14.6 Å². The van der Waals surface area contributed by atoms with Crippen molar-refractivity contribution in [3.63, 3.8) is 0 Å². The van der Waals surface area contributed by atoms with Gasteiger partial charge in [-0.1, -0.05) is 47.7 Å². The van der Waals surface area contributed by atoms with E-state index in [0.717, 1.165) is 16.3 Å². The van der Waals surface area contributed by atoms with Crippen molar-refractivity contribution < 1.29 is 19.4 Å². The van der Waals surface area contributed by atoms with Crippen LogP contribution in [0.4, 0.5) is 0 Å². The summed E-state index contributed by atoms with van der Waals surface area (Å²) in [7, 11) is 1.59. The third-order valence-corrected chi connectivity index (χ3v) is 7.39. The second-order valence-electron chi connectivity index (χ2n) is 8.70. The Morgan fingerprint density at radius 1 is 1.16 bits per heavy atom. The molecule has 0 aliphatic carbocycles. The van der Waals surface area contributed by atoms with Crippen molar-refractivity contribution >= 4 is 34.0 Å². The summed E-state index contributed by atoms with van der Waals surface area (Å²) >= 11 is 1.25. The van der Waals surface area contributed by atoms with Crippen LogP contribution in [-0.2, 0) is 4.79 Å². The Bertz CT molecular complexity index is 1760. The van der Waals surface area contributed by atoms with Crippen LogP contribution in [0.2, 0.25) is 0 Å². The maximum Gasteiger partial charge on any atom is 0.271 e. The number of ether oxygens (including phenoxy) is 2. The molecule has 0 amide bonds. The normalized spacial score (nSPS) is 15.5. The fraction of sp³-hybridized carbons (Fsp3) is 0.207. The van der Waals surface area contributed by atoms with Gasteiger partial charge in [0.15, 0.2) is 22.1 Å². The van der Waals surface area contributed by atoms with Gasteiger partial charge in [-0.3, -0.25) is 14.2 Å². The topological polar surface area (TPSA) is 90.1 Å². The molecule has 1 N–H and O–H groups in total. The van der Waals surface area contributed by atoms with Gasteiger partial charge in [-0.05, 0) is 61.4 Å². The average Bonchev–Trinajstić information content (AvgIpc) is 3.18. The number of methoxy groups -OCH3 is 1. The number of hydrogen-bond acceptors (Lipinski definition) is 7. The number of Topliss-reactive ketones (excluding diaryl/α,β-unsaturated/α-hetero) is 1. The number of benzene rings is 3. The lowest BCUT2D eigenvalue weighted by atomic mass is 9.89. The van der Waals surface area contributed by atoms with Crippen molar-refractivity contribution in [2.45, 2.75) is 26.8 Å². The summed E-state index contributed by atoms with van der Waals surface area (Å²) in [5, 5.41) is 11.9. The Hall–Kier alpha value is -4.17. The molecule has 8 heteroatoms. The Morgan fingerprint density at radius 2 is 1.95 bits per heavy atom. The van der Waals surface area contributed by atoms with E-state index in [4.69, 9.17) is 9.47 Å². The molecule has 1 atom stereocenters. The number of aromatic hydroxyl groups is 1. The fourth-order valence-corrected chi connectivity index (χ4v) is 5.87. The first-order valence-electron chi connectivity index (χ1n) is 11.9. The highest BCUT2D eigenvalue weighted by atomic mass is 32.1. The maximum atomic E-state index is 13.9. The Labute approximate surface area is 217 Å². The lowest BCUT2D eigenvalue weighted by Crippen LogP contribution is -2.39. The highest BCUT2D eigenvalue weighted by molar-refractivity contribution is 7.07. The van der Waals surface area contributed by atoms with E-state index >= 15 is 0 Å². The third kappa shape index (κ3) is 4.23. The highest BCUT2D eigenvalue weighted by Crippen LogP contribution is 2.40. The zero-order valence-electron chi connectivity index (χ0n) is 20.9. The summed E-state index contributed by atoms with van der Waals surface area (Å²) in [6.45, 7) is 5.53. The fourth-order valence-electron chi connectivity index (χ4n) is 4.82. The van der Waals surface area contributed by atoms with Gasteiger partial charge in [0.05, 0.1) is 24.3 Å². The smallest absolute Gasteiger partial charge is 0.271 e. The molecule has 188 valence electrons. The molecule has 37 heavy (non-hydrogen) atoms. The summed E-state index contributed by atoms with van der Waals surface area (Å²) in [5.74, 6) is 0.810. The molecule has 0 fully saturated rings. The van der Waals surface area contributed by atoms with Crippen LogP contribution in [0, 0.1) is 0 Å². The van der Waals surface area contributed by atoms with Gasteiger partial charge in [-0.15, -0.1) is 0 Å². The number of rotatable bonds is 6. The summed E-state index contributed by atoms with van der Waals surface area (Å²) in [4.78, 5) is 32.0. The van der Waals surface area contributed by atoms with Crippen LogP contribution in [0.1, 0.15) is 37.9 Å². The number of carbonyl (C=O) groups is 1. The number of thiazole rings is 1. The first-order chi connectivity index (χ1) is 17.8. The summed E-state index contributed by atoms with van der Waals surface area (Å²) < 4.78 is 13.3. The molecule has 1 unspecified atom stereocenters. The molecule has 1 aliphatic heterocycles. The quantitative estimate of drug-likeness (QED) is 0.419. The largest absolute Gasteiger partial charge is 0.504 e. The lowest BCUT2D eigenvalue weighted by Gasteiger charge is -2.27. The molecular weight excluding hydrogens is 488 g/mol. The first-order valence-corrected chi connectivity index (χ1v) is 12.7. The van der Waals surface area contributed by atoms with Gasteiger partial charge in [0, 0.05) is 16.8 Å². The predicted molar refractivity (Wildman–Crippen MR) is 144 cm³/mol. The van der Waals surface area contributed by atoms with E-state index in [0.29, 0.717) is 44.3 Å². The van der Waals surface area contributed by atoms with Gasteiger partial charge >= 0.3 is 0 Å². The molecule has 0 spiro atoms. The molecule has 1 aromatic heterocycles. The SMILES string of the molecule is CCOc1cc(/C=c2/sc3n(c2=O)C(c2c(OC)ccc4ccccc24)C(C(C)=O)=C(C)N=3)ccc1O. The second kappa shape index (κ2) is 9.71. The summed E-state index contributed by atoms with van der Waals surface area (Å²) in [6, 6.07) is 15.9. The monoisotopic (exact) mass is 514 g/mol. The molecule has 0 radical (unpaired) electrons. The van der Waals surface area contributed by atoms with Crippen LogP contribution in [0.5, 0.6) is 17.2 Å². The van der Waals surface area contributed by atoms with E-state index in [1.54, 1.807) is 36.8 Å². The van der Waals surface area contributed by atoms with Crippen molar-refractivity contribution in [2.24, 2.45) is 4.99 Å². The van der Waals surface area contributed by atoms with Gasteiger partial charge in [-0.25, -0.2) is 4.99 Å². The predicted octanol–water partition coefficient (Wildman–Crippen LogP) is 4.09. The van der Waals surface area contributed by atoms with Gasteiger partial charge in [0.1, 0.15) is 5.75 Å². The first kappa shape index (κ1) is 24.5. The summed E-state index contributed by atoms with van der Waals surface area (Å²) in [5.41, 5.74) is 2.21. The van der Waals surface area contributed by atoms with E-state index < -0.39 is 6.04 Å². The molecule has 3 aromatic carbocycles. The van der Waals surface area contributed by atoms with Crippen molar-refractivity contribution in [2.75, 3.05) is 13.7 Å². The highest BCUT2D eigenvalue weighted by Gasteiger charge is 2.33. The second-order valence-corrected chi connectivity index (χ2v) is 9.71. The van der Waals surface area contributed by atoms with Crippen LogP contribution in [0.3, 0.4) is 0 Å². The molecule has 7 nitrogen and oxygen atoms in total. The number of allylic oxidation sites excluding steroid dienone is 2. The van der Waals surface area contributed by atoms with E-state index in [1.807, 2.05) is 43.3 Å². The number of phenolic OH excluding ortho intramolecular Hbond substituents is 1. The Balaban J connectivity index is 1.81. The van der Waals surface area contributed by atoms with E-state index in [9.17, 15) is 14.7 Å². The number of aromatic nitrogens is 1. The number of hydrogen-bond donors (Lipinski definition) is 1. The van der Waals surface area contributed by atoms with Crippen LogP contribution in [0.15, 0.2) is 75.7 Å². The minimum atomic E-state index is -0.698. The maximum absolute atomic E-state index is 13.9. The Kier molecular flexibility index (Phi) is 6.43. The molecule has 0 bridgehead atoms. The zero-order chi connectivity index (χ0) is 26.3. The number of ketones is 1. The van der Waals surface area contributed by atoms with Gasteiger partial charge in [0.2, 0.25) is 0 Å². The molecule has 4 aromatic rings. The number of nitrogens with zero attached hydrogens (tertiary/aromatic N) is 2. The molecule has 5 rings (SSSR count). The van der Waals surface area contributed by atoms with Gasteiger partial charge in [0.25, 0.3) is 5.56 Å². The standard InChI is InChI=1S/C29H26N2O5S/c1-5-36-23-14-18(10-12-21(23)33)15-24-28(34)31-27(25(17(3)32)16(2)30-29(31)37-24)26-20-9-7-6-8-19(20)11-13-22(26)35-4/h6-15,27,33H,5H2,1-4H3/b24-15+. The average molecular weight is 515 g/mol. The van der Waals surface area contributed by atoms with E-state index in [2.05, 4.69) is 4.99 Å². The van der Waals surface area contributed by atoms with Crippen LogP contribution < -0.4 is 24.4 Å². The number of carbonyl (C=O) groups excluding carboxylic acids is 1. The lowest BCUT2D eigenvalue weighted by molar-refractivity contribution is -0.114. The number of fused-ring (bicyclic) bond motifs is 2. The zero-order valence-corrected chi connectivity index (χ0v) is 21.8. The minimum absolute atomic E-state index is 0.0326. The molecule has 2 heterocycles. The van der Waals surface area contributed by atoms with Crippen molar-refractivity contribution in [3.05, 3.63) is 96.7 Å². The molecule has 0 saturated heterocycles.